The summed E-state index contributed by atoms with van der Waals surface area (Å²) in [5, 5.41) is 10.9. The van der Waals surface area contributed by atoms with Gasteiger partial charge in [-0.05, 0) is 19.3 Å². The molecule has 0 aromatic carbocycles. The van der Waals surface area contributed by atoms with Crippen LogP contribution in [-0.4, -0.2) is 24.7 Å². The van der Waals surface area contributed by atoms with Crippen LogP contribution in [-0.2, 0) is 4.79 Å². The van der Waals surface area contributed by atoms with E-state index in [9.17, 15) is 4.79 Å². The van der Waals surface area contributed by atoms with E-state index in [2.05, 4.69) is 5.32 Å². The predicted octanol–water partition coefficient (Wildman–Crippen LogP) is -0.105. The van der Waals surface area contributed by atoms with Crippen molar-refractivity contribution in [2.24, 2.45) is 0 Å². The molecule has 0 fully saturated rings. The van der Waals surface area contributed by atoms with E-state index in [1.54, 1.807) is 0 Å². The quantitative estimate of drug-likeness (QED) is 0.390. The summed E-state index contributed by atoms with van der Waals surface area (Å²) >= 11 is 0. The number of amides is 1. The van der Waals surface area contributed by atoms with Gasteiger partial charge in [0.2, 0.25) is 6.41 Å². The smallest absolute Gasteiger partial charge is 0.207 e. The lowest BCUT2D eigenvalue weighted by molar-refractivity contribution is -0.109. The van der Waals surface area contributed by atoms with Crippen molar-refractivity contribution < 1.29 is 9.90 Å². The molecule has 0 spiro atoms. The number of nitrogens with one attached hydrogen (secondary N) is 1. The molecule has 1 amide bonds. The molecule has 54 valence electrons. The average molecular weight is 131 g/mol. The van der Waals surface area contributed by atoms with Crippen molar-refractivity contribution in [1.29, 1.82) is 0 Å². The minimum absolute atomic E-state index is 0.251. The van der Waals surface area contributed by atoms with Crippen LogP contribution in [0.1, 0.15) is 19.3 Å². The summed E-state index contributed by atoms with van der Waals surface area (Å²) in [5.74, 6) is 0. The van der Waals surface area contributed by atoms with Gasteiger partial charge in [-0.1, -0.05) is 0 Å². The van der Waals surface area contributed by atoms with Gasteiger partial charge in [-0.2, -0.15) is 0 Å². The average Bonchev–Trinajstić information content (AvgIpc) is 1.89. The zero-order valence-electron chi connectivity index (χ0n) is 5.47. The third-order valence-corrected chi connectivity index (χ3v) is 1.06. The van der Waals surface area contributed by atoms with Crippen molar-refractivity contribution in [3.63, 3.8) is 0 Å². The Morgan fingerprint density at radius 1 is 1.33 bits per heavy atom. The van der Waals surface area contributed by atoms with E-state index >= 15 is 0 Å². The Kier molecular flexibility index (Phi) is 6.96. The number of carbonyl (C=O) groups is 1. The second kappa shape index (κ2) is 7.43. The fraction of sp³-hybridized carbons (Fsp3) is 0.833. The van der Waals surface area contributed by atoms with Gasteiger partial charge in [0.25, 0.3) is 0 Å². The number of aliphatic hydroxyl groups excluding tert-OH is 1. The minimum Gasteiger partial charge on any atom is -0.396 e. The van der Waals surface area contributed by atoms with Gasteiger partial charge in [0, 0.05) is 13.2 Å². The third kappa shape index (κ3) is 7.43. The fourth-order valence-electron chi connectivity index (χ4n) is 0.575. The largest absolute Gasteiger partial charge is 0.396 e. The Labute approximate surface area is 55.1 Å². The SMILES string of the molecule is O=CNCCCCCO. The van der Waals surface area contributed by atoms with Gasteiger partial charge in [-0.3, -0.25) is 4.79 Å². The first-order valence-corrected chi connectivity index (χ1v) is 3.19. The van der Waals surface area contributed by atoms with Crippen LogP contribution >= 0.6 is 0 Å². The number of hydrogen-bond donors (Lipinski definition) is 2. The molecule has 0 radical (unpaired) electrons. The van der Waals surface area contributed by atoms with Crippen molar-refractivity contribution in [3.8, 4) is 0 Å². The normalized spacial score (nSPS) is 9.00. The maximum Gasteiger partial charge on any atom is 0.207 e. The van der Waals surface area contributed by atoms with Crippen LogP contribution in [0.3, 0.4) is 0 Å². The maximum atomic E-state index is 9.68. The predicted molar refractivity (Wildman–Crippen MR) is 35.0 cm³/mol. The van der Waals surface area contributed by atoms with Crippen molar-refractivity contribution >= 4 is 6.41 Å². The van der Waals surface area contributed by atoms with Gasteiger partial charge in [-0.15, -0.1) is 0 Å². The van der Waals surface area contributed by atoms with E-state index in [0.717, 1.165) is 25.8 Å². The number of unbranched alkanes of at least 4 members (excludes halogenated alkanes) is 2. The molecule has 3 heteroatoms. The molecule has 0 bridgehead atoms. The first-order valence-electron chi connectivity index (χ1n) is 3.19. The summed E-state index contributed by atoms with van der Waals surface area (Å²) in [7, 11) is 0. The van der Waals surface area contributed by atoms with E-state index in [4.69, 9.17) is 5.11 Å². The Hall–Kier alpha value is -0.570. The van der Waals surface area contributed by atoms with Crippen LogP contribution in [0, 0.1) is 0 Å². The van der Waals surface area contributed by atoms with Crippen LogP contribution in [0.4, 0.5) is 0 Å². The molecule has 0 atom stereocenters. The summed E-state index contributed by atoms with van der Waals surface area (Å²) in [6.45, 7) is 0.977. The molecule has 0 unspecified atom stereocenters. The first kappa shape index (κ1) is 8.43. The summed E-state index contributed by atoms with van der Waals surface area (Å²) in [5.41, 5.74) is 0. The number of hydrogen-bond acceptors (Lipinski definition) is 2. The molecule has 0 aliphatic rings. The molecule has 0 aliphatic carbocycles. The van der Waals surface area contributed by atoms with Gasteiger partial charge in [0.05, 0.1) is 0 Å². The summed E-state index contributed by atoms with van der Waals surface area (Å²) in [6.07, 6.45) is 3.47. The topological polar surface area (TPSA) is 49.3 Å². The molecular weight excluding hydrogens is 118 g/mol. The molecule has 0 aromatic heterocycles. The number of rotatable bonds is 6. The Morgan fingerprint density at radius 3 is 2.67 bits per heavy atom. The highest BCUT2D eigenvalue weighted by Crippen LogP contribution is 1.90. The van der Waals surface area contributed by atoms with Crippen LogP contribution in [0.2, 0.25) is 0 Å². The van der Waals surface area contributed by atoms with Crippen LogP contribution in [0.15, 0.2) is 0 Å². The fourth-order valence-corrected chi connectivity index (χ4v) is 0.575. The molecule has 0 saturated heterocycles. The minimum atomic E-state index is 0.251. The molecule has 2 N–H and O–H groups in total. The zero-order valence-corrected chi connectivity index (χ0v) is 5.47. The highest BCUT2D eigenvalue weighted by atomic mass is 16.2. The van der Waals surface area contributed by atoms with E-state index in [0.29, 0.717) is 6.41 Å². The van der Waals surface area contributed by atoms with Crippen LogP contribution in [0.25, 0.3) is 0 Å². The summed E-state index contributed by atoms with van der Waals surface area (Å²) in [6, 6.07) is 0. The lowest BCUT2D eigenvalue weighted by atomic mass is 10.2. The summed E-state index contributed by atoms with van der Waals surface area (Å²) in [4.78, 5) is 9.68. The highest BCUT2D eigenvalue weighted by molar-refractivity contribution is 5.45. The molecular formula is C6H13NO2. The molecule has 0 aromatic rings. The highest BCUT2D eigenvalue weighted by Gasteiger charge is 1.84. The second-order valence-corrected chi connectivity index (χ2v) is 1.86. The zero-order chi connectivity index (χ0) is 6.95. The van der Waals surface area contributed by atoms with Gasteiger partial charge in [0.15, 0.2) is 0 Å². The van der Waals surface area contributed by atoms with E-state index in [1.807, 2.05) is 0 Å². The lowest BCUT2D eigenvalue weighted by Gasteiger charge is -1.95. The molecule has 3 nitrogen and oxygen atoms in total. The van der Waals surface area contributed by atoms with Crippen molar-refractivity contribution in [3.05, 3.63) is 0 Å². The molecule has 0 saturated carbocycles. The van der Waals surface area contributed by atoms with Gasteiger partial charge in [-0.25, -0.2) is 0 Å². The van der Waals surface area contributed by atoms with E-state index < -0.39 is 0 Å². The summed E-state index contributed by atoms with van der Waals surface area (Å²) < 4.78 is 0. The van der Waals surface area contributed by atoms with Crippen LogP contribution < -0.4 is 5.32 Å². The van der Waals surface area contributed by atoms with Gasteiger partial charge in [0.1, 0.15) is 0 Å². The third-order valence-electron chi connectivity index (χ3n) is 1.06. The van der Waals surface area contributed by atoms with Crippen LogP contribution in [0.5, 0.6) is 0 Å². The van der Waals surface area contributed by atoms with Gasteiger partial charge >= 0.3 is 0 Å². The monoisotopic (exact) mass is 131 g/mol. The lowest BCUT2D eigenvalue weighted by Crippen LogP contribution is -2.11. The van der Waals surface area contributed by atoms with Crippen molar-refractivity contribution in [2.75, 3.05) is 13.2 Å². The Morgan fingerprint density at radius 2 is 2.11 bits per heavy atom. The molecule has 9 heavy (non-hydrogen) atoms. The Balaban J connectivity index is 2.66. The second-order valence-electron chi connectivity index (χ2n) is 1.86. The van der Waals surface area contributed by atoms with E-state index in [-0.39, 0.29) is 6.61 Å². The standard InChI is InChI=1S/C6H13NO2/c8-5-3-1-2-4-7-6-9/h6,8H,1-5H2,(H,7,9). The first-order chi connectivity index (χ1) is 4.41. The maximum absolute atomic E-state index is 9.68. The molecule has 0 rings (SSSR count). The Bertz CT molecular complexity index is 66.1. The van der Waals surface area contributed by atoms with Gasteiger partial charge < -0.3 is 10.4 Å². The van der Waals surface area contributed by atoms with Crippen molar-refractivity contribution in [2.45, 2.75) is 19.3 Å². The molecule has 0 aliphatic heterocycles. The molecule has 0 heterocycles. The number of aliphatic hydroxyl groups is 1. The number of carbonyl (C=O) groups excluding carboxylic acids is 1. The van der Waals surface area contributed by atoms with E-state index in [1.165, 1.54) is 0 Å². The van der Waals surface area contributed by atoms with Crippen molar-refractivity contribution in [1.82, 2.24) is 5.32 Å².